The van der Waals surface area contributed by atoms with Crippen LogP contribution < -0.4 is 10.1 Å². The number of nitrogens with zero attached hydrogens (tertiary/aromatic N) is 4. The standard InChI is InChI=1S/C22H25F2N5O/c1-25-22(28(2)15-18-8-10-19(11-9-18)30-21(23)24)27-14-20-26-12-13-29(20)16-17-6-4-3-5-7-17/h3-13,21H,14-16H2,1-2H3,(H,25,27). The van der Waals surface area contributed by atoms with Crippen LogP contribution in [0.3, 0.4) is 0 Å². The molecular formula is C22H25F2N5O. The first-order chi connectivity index (χ1) is 14.5. The molecule has 1 aromatic heterocycles. The van der Waals surface area contributed by atoms with Crippen LogP contribution in [-0.4, -0.2) is 41.1 Å². The molecule has 0 aliphatic heterocycles. The Hall–Kier alpha value is -3.42. The minimum absolute atomic E-state index is 0.143. The number of aromatic nitrogens is 2. The van der Waals surface area contributed by atoms with Crippen molar-refractivity contribution in [1.29, 1.82) is 0 Å². The topological polar surface area (TPSA) is 54.7 Å². The zero-order valence-electron chi connectivity index (χ0n) is 17.0. The second-order valence-corrected chi connectivity index (χ2v) is 6.74. The zero-order valence-corrected chi connectivity index (χ0v) is 17.0. The highest BCUT2D eigenvalue weighted by Crippen LogP contribution is 2.16. The Morgan fingerprint density at radius 2 is 1.87 bits per heavy atom. The fourth-order valence-corrected chi connectivity index (χ4v) is 3.10. The van der Waals surface area contributed by atoms with Crippen molar-refractivity contribution in [3.63, 3.8) is 0 Å². The first kappa shape index (κ1) is 21.3. The first-order valence-corrected chi connectivity index (χ1v) is 9.54. The molecule has 2 aromatic carbocycles. The highest BCUT2D eigenvalue weighted by molar-refractivity contribution is 5.79. The molecule has 0 bridgehead atoms. The SMILES string of the molecule is CN=C(NCc1nccn1Cc1ccccc1)N(C)Cc1ccc(OC(F)F)cc1. The van der Waals surface area contributed by atoms with Crippen LogP contribution in [-0.2, 0) is 19.6 Å². The van der Waals surface area contributed by atoms with Crippen LogP contribution in [0.5, 0.6) is 5.75 Å². The normalized spacial score (nSPS) is 11.6. The summed E-state index contributed by atoms with van der Waals surface area (Å²) in [6.45, 7) is -0.985. The number of halogens is 2. The Labute approximate surface area is 174 Å². The van der Waals surface area contributed by atoms with Crippen molar-refractivity contribution in [2.24, 2.45) is 4.99 Å². The second-order valence-electron chi connectivity index (χ2n) is 6.74. The molecule has 0 saturated heterocycles. The van der Waals surface area contributed by atoms with Crippen LogP contribution in [0.1, 0.15) is 17.0 Å². The maximum Gasteiger partial charge on any atom is 0.387 e. The van der Waals surface area contributed by atoms with Gasteiger partial charge in [0.1, 0.15) is 11.6 Å². The summed E-state index contributed by atoms with van der Waals surface area (Å²) < 4.78 is 31.0. The molecule has 3 rings (SSSR count). The van der Waals surface area contributed by atoms with E-state index in [1.165, 1.54) is 17.7 Å². The zero-order chi connectivity index (χ0) is 21.3. The number of guanidine groups is 1. The molecule has 8 heteroatoms. The van der Waals surface area contributed by atoms with E-state index < -0.39 is 6.61 Å². The summed E-state index contributed by atoms with van der Waals surface area (Å²) in [6, 6.07) is 16.8. The molecule has 0 spiro atoms. The third kappa shape index (κ3) is 6.04. The number of hydrogen-bond donors (Lipinski definition) is 1. The summed E-state index contributed by atoms with van der Waals surface area (Å²) in [5.74, 6) is 1.75. The Morgan fingerprint density at radius 3 is 2.53 bits per heavy atom. The minimum Gasteiger partial charge on any atom is -0.435 e. The molecule has 0 unspecified atom stereocenters. The highest BCUT2D eigenvalue weighted by atomic mass is 19.3. The van der Waals surface area contributed by atoms with Crippen LogP contribution in [0.25, 0.3) is 0 Å². The van der Waals surface area contributed by atoms with E-state index in [1.807, 2.05) is 36.3 Å². The van der Waals surface area contributed by atoms with E-state index in [9.17, 15) is 8.78 Å². The number of benzene rings is 2. The lowest BCUT2D eigenvalue weighted by Crippen LogP contribution is -2.38. The van der Waals surface area contributed by atoms with Gasteiger partial charge in [-0.25, -0.2) is 4.98 Å². The van der Waals surface area contributed by atoms with Crippen molar-refractivity contribution in [2.75, 3.05) is 14.1 Å². The van der Waals surface area contributed by atoms with Gasteiger partial charge in [-0.15, -0.1) is 0 Å². The number of hydrogen-bond acceptors (Lipinski definition) is 3. The first-order valence-electron chi connectivity index (χ1n) is 9.54. The van der Waals surface area contributed by atoms with Gasteiger partial charge in [-0.05, 0) is 23.3 Å². The third-order valence-corrected chi connectivity index (χ3v) is 4.54. The van der Waals surface area contributed by atoms with Gasteiger partial charge in [-0.3, -0.25) is 4.99 Å². The molecule has 0 aliphatic rings. The molecule has 0 saturated carbocycles. The van der Waals surface area contributed by atoms with E-state index in [-0.39, 0.29) is 5.75 Å². The van der Waals surface area contributed by atoms with Gasteiger partial charge in [0, 0.05) is 39.6 Å². The van der Waals surface area contributed by atoms with Crippen LogP contribution in [0, 0.1) is 0 Å². The fourth-order valence-electron chi connectivity index (χ4n) is 3.10. The van der Waals surface area contributed by atoms with E-state index in [0.29, 0.717) is 19.0 Å². The molecule has 1 heterocycles. The van der Waals surface area contributed by atoms with Gasteiger partial charge in [0.05, 0.1) is 6.54 Å². The minimum atomic E-state index is -2.82. The molecule has 30 heavy (non-hydrogen) atoms. The number of nitrogens with one attached hydrogen (secondary N) is 1. The second kappa shape index (κ2) is 10.4. The lowest BCUT2D eigenvalue weighted by molar-refractivity contribution is -0.0498. The third-order valence-electron chi connectivity index (χ3n) is 4.54. The maximum atomic E-state index is 12.3. The summed E-state index contributed by atoms with van der Waals surface area (Å²) in [4.78, 5) is 10.7. The average molecular weight is 413 g/mol. The van der Waals surface area contributed by atoms with E-state index in [4.69, 9.17) is 0 Å². The van der Waals surface area contributed by atoms with Crippen molar-refractivity contribution in [3.05, 3.63) is 83.9 Å². The van der Waals surface area contributed by atoms with Crippen molar-refractivity contribution < 1.29 is 13.5 Å². The molecule has 0 radical (unpaired) electrons. The van der Waals surface area contributed by atoms with Gasteiger partial charge in [-0.1, -0.05) is 42.5 Å². The smallest absolute Gasteiger partial charge is 0.387 e. The number of alkyl halides is 2. The van der Waals surface area contributed by atoms with Crippen molar-refractivity contribution in [3.8, 4) is 5.75 Å². The van der Waals surface area contributed by atoms with E-state index in [1.54, 1.807) is 25.4 Å². The predicted molar refractivity (Wildman–Crippen MR) is 113 cm³/mol. The number of aliphatic imine (C=N–C) groups is 1. The van der Waals surface area contributed by atoms with E-state index in [0.717, 1.165) is 17.9 Å². The van der Waals surface area contributed by atoms with Gasteiger partial charge < -0.3 is 19.5 Å². The monoisotopic (exact) mass is 413 g/mol. The van der Waals surface area contributed by atoms with Crippen LogP contribution in [0.2, 0.25) is 0 Å². The van der Waals surface area contributed by atoms with Crippen molar-refractivity contribution >= 4 is 5.96 Å². The van der Waals surface area contributed by atoms with Gasteiger partial charge in [-0.2, -0.15) is 8.78 Å². The van der Waals surface area contributed by atoms with Gasteiger partial charge in [0.25, 0.3) is 0 Å². The molecule has 1 N–H and O–H groups in total. The Bertz CT molecular complexity index is 942. The Morgan fingerprint density at radius 1 is 1.13 bits per heavy atom. The van der Waals surface area contributed by atoms with Crippen LogP contribution in [0.4, 0.5) is 8.78 Å². The molecule has 0 amide bonds. The number of rotatable bonds is 8. The Balaban J connectivity index is 1.56. The largest absolute Gasteiger partial charge is 0.435 e. The predicted octanol–water partition coefficient (Wildman–Crippen LogP) is 3.74. The molecule has 6 nitrogen and oxygen atoms in total. The fraction of sp³-hybridized carbons (Fsp3) is 0.273. The van der Waals surface area contributed by atoms with Crippen molar-refractivity contribution in [2.45, 2.75) is 26.2 Å². The molecule has 3 aromatic rings. The summed E-state index contributed by atoms with van der Waals surface area (Å²) >= 11 is 0. The molecular weight excluding hydrogens is 388 g/mol. The van der Waals surface area contributed by atoms with E-state index in [2.05, 4.69) is 36.7 Å². The number of ether oxygens (including phenoxy) is 1. The highest BCUT2D eigenvalue weighted by Gasteiger charge is 2.10. The summed E-state index contributed by atoms with van der Waals surface area (Å²) in [6.07, 6.45) is 3.75. The molecule has 0 atom stereocenters. The van der Waals surface area contributed by atoms with Gasteiger partial charge >= 0.3 is 6.61 Å². The van der Waals surface area contributed by atoms with Crippen LogP contribution in [0.15, 0.2) is 72.0 Å². The van der Waals surface area contributed by atoms with Crippen molar-refractivity contribution in [1.82, 2.24) is 19.8 Å². The van der Waals surface area contributed by atoms with Gasteiger partial charge in [0.15, 0.2) is 5.96 Å². The number of imidazole rings is 1. The summed E-state index contributed by atoms with van der Waals surface area (Å²) in [5, 5.41) is 3.32. The quantitative estimate of drug-likeness (QED) is 0.452. The lowest BCUT2D eigenvalue weighted by atomic mass is 10.2. The van der Waals surface area contributed by atoms with E-state index >= 15 is 0 Å². The summed E-state index contributed by atoms with van der Waals surface area (Å²) in [7, 11) is 3.63. The Kier molecular flexibility index (Phi) is 7.37. The molecule has 158 valence electrons. The molecule has 0 aliphatic carbocycles. The maximum absolute atomic E-state index is 12.3. The average Bonchev–Trinajstić information content (AvgIpc) is 3.17. The summed E-state index contributed by atoms with van der Waals surface area (Å²) in [5.41, 5.74) is 2.16. The van der Waals surface area contributed by atoms with Gasteiger partial charge in [0.2, 0.25) is 0 Å². The van der Waals surface area contributed by atoms with Crippen LogP contribution >= 0.6 is 0 Å². The lowest BCUT2D eigenvalue weighted by Gasteiger charge is -2.22. The molecule has 0 fully saturated rings.